The fraction of sp³-hybridized carbons (Fsp3) is 0.545. The molecule has 0 amide bonds. The number of hydrazine groups is 1. The van der Waals surface area contributed by atoms with E-state index in [4.69, 9.17) is 5.84 Å². The molecule has 0 atom stereocenters. The second kappa shape index (κ2) is 5.56. The lowest BCUT2D eigenvalue weighted by Crippen LogP contribution is -2.31. The van der Waals surface area contributed by atoms with Crippen LogP contribution in [-0.4, -0.2) is 17.6 Å². The van der Waals surface area contributed by atoms with Crippen LogP contribution in [0.1, 0.15) is 27.2 Å². The Morgan fingerprint density at radius 1 is 1.53 bits per heavy atom. The lowest BCUT2D eigenvalue weighted by Gasteiger charge is -2.28. The minimum absolute atomic E-state index is 0.484. The Morgan fingerprint density at radius 2 is 2.27 bits per heavy atom. The van der Waals surface area contributed by atoms with Crippen molar-refractivity contribution >= 4 is 11.5 Å². The second-order valence-electron chi connectivity index (χ2n) is 3.83. The lowest BCUT2D eigenvalue weighted by atomic mass is 10.2. The Labute approximate surface area is 91.5 Å². The number of hydrogen-bond acceptors (Lipinski definition) is 4. The maximum atomic E-state index is 5.34. The van der Waals surface area contributed by atoms with E-state index in [0.717, 1.165) is 18.7 Å². The highest BCUT2D eigenvalue weighted by molar-refractivity contribution is 5.53. The van der Waals surface area contributed by atoms with Gasteiger partial charge in [-0.2, -0.15) is 0 Å². The number of nitrogens with two attached hydrogens (primary N) is 1. The van der Waals surface area contributed by atoms with Crippen molar-refractivity contribution in [3.63, 3.8) is 0 Å². The van der Waals surface area contributed by atoms with Gasteiger partial charge < -0.3 is 10.3 Å². The molecule has 0 aliphatic heterocycles. The fourth-order valence-electron chi connectivity index (χ4n) is 1.60. The quantitative estimate of drug-likeness (QED) is 0.574. The molecule has 0 radical (unpaired) electrons. The van der Waals surface area contributed by atoms with E-state index in [1.165, 1.54) is 0 Å². The third kappa shape index (κ3) is 3.09. The van der Waals surface area contributed by atoms with Crippen molar-refractivity contribution in [2.24, 2.45) is 5.84 Å². The maximum absolute atomic E-state index is 5.34. The average molecular weight is 208 g/mol. The topological polar surface area (TPSA) is 54.2 Å². The van der Waals surface area contributed by atoms with E-state index in [-0.39, 0.29) is 0 Å². The lowest BCUT2D eigenvalue weighted by molar-refractivity contribution is 0.671. The number of pyridine rings is 1. The number of nitrogens with zero attached hydrogens (tertiary/aromatic N) is 2. The number of aromatic nitrogens is 1. The third-order valence-corrected chi connectivity index (χ3v) is 2.31. The van der Waals surface area contributed by atoms with Crippen LogP contribution in [0, 0.1) is 0 Å². The summed E-state index contributed by atoms with van der Waals surface area (Å²) in [4.78, 5) is 6.43. The van der Waals surface area contributed by atoms with Gasteiger partial charge in [-0.05, 0) is 26.3 Å². The van der Waals surface area contributed by atoms with Gasteiger partial charge in [-0.25, -0.2) is 10.8 Å². The van der Waals surface area contributed by atoms with Gasteiger partial charge in [0.2, 0.25) is 0 Å². The number of nitrogen functional groups attached to an aromatic ring is 1. The molecule has 1 aromatic rings. The molecule has 0 unspecified atom stereocenters. The smallest absolute Gasteiger partial charge is 0.141 e. The molecular formula is C11H20N4. The first-order valence-electron chi connectivity index (χ1n) is 5.38. The highest BCUT2D eigenvalue weighted by atomic mass is 15.3. The van der Waals surface area contributed by atoms with Crippen molar-refractivity contribution in [1.82, 2.24) is 4.98 Å². The minimum atomic E-state index is 0.484. The standard InChI is InChI=1S/C11H20N4/c1-4-7-15(9(2)3)10-5-6-13-11(8-10)14-12/h5-6,8-9H,4,7,12H2,1-3H3,(H,13,14). The Hall–Kier alpha value is -1.29. The Kier molecular flexibility index (Phi) is 4.37. The molecule has 84 valence electrons. The highest BCUT2D eigenvalue weighted by Crippen LogP contribution is 2.19. The van der Waals surface area contributed by atoms with E-state index in [1.807, 2.05) is 12.1 Å². The summed E-state index contributed by atoms with van der Waals surface area (Å²) in [5, 5.41) is 0. The van der Waals surface area contributed by atoms with Crippen LogP contribution in [0.4, 0.5) is 11.5 Å². The molecule has 0 spiro atoms. The minimum Gasteiger partial charge on any atom is -0.369 e. The van der Waals surface area contributed by atoms with Gasteiger partial charge in [-0.1, -0.05) is 6.92 Å². The van der Waals surface area contributed by atoms with E-state index in [0.29, 0.717) is 11.9 Å². The average Bonchev–Trinajstić information content (AvgIpc) is 2.25. The summed E-state index contributed by atoms with van der Waals surface area (Å²) in [6, 6.07) is 4.46. The van der Waals surface area contributed by atoms with E-state index >= 15 is 0 Å². The molecule has 3 N–H and O–H groups in total. The molecule has 0 fully saturated rings. The first kappa shape index (κ1) is 11.8. The largest absolute Gasteiger partial charge is 0.369 e. The summed E-state index contributed by atoms with van der Waals surface area (Å²) in [5.74, 6) is 6.04. The van der Waals surface area contributed by atoms with Crippen molar-refractivity contribution in [2.75, 3.05) is 16.9 Å². The summed E-state index contributed by atoms with van der Waals surface area (Å²) in [7, 11) is 0. The Morgan fingerprint density at radius 3 is 2.80 bits per heavy atom. The van der Waals surface area contributed by atoms with Gasteiger partial charge in [0.15, 0.2) is 0 Å². The molecule has 0 aromatic carbocycles. The summed E-state index contributed by atoms with van der Waals surface area (Å²) < 4.78 is 0. The van der Waals surface area contributed by atoms with Gasteiger partial charge >= 0.3 is 0 Å². The van der Waals surface area contributed by atoms with E-state index < -0.39 is 0 Å². The predicted octanol–water partition coefficient (Wildman–Crippen LogP) is 1.99. The van der Waals surface area contributed by atoms with Crippen molar-refractivity contribution in [3.8, 4) is 0 Å². The third-order valence-electron chi connectivity index (χ3n) is 2.31. The molecule has 0 aliphatic carbocycles. The zero-order valence-corrected chi connectivity index (χ0v) is 9.70. The molecule has 4 nitrogen and oxygen atoms in total. The van der Waals surface area contributed by atoms with Crippen LogP contribution in [0.25, 0.3) is 0 Å². The van der Waals surface area contributed by atoms with Crippen LogP contribution in [0.3, 0.4) is 0 Å². The van der Waals surface area contributed by atoms with Crippen LogP contribution >= 0.6 is 0 Å². The Balaban J connectivity index is 2.89. The van der Waals surface area contributed by atoms with E-state index in [1.54, 1.807) is 6.20 Å². The molecule has 1 heterocycles. The molecule has 1 aromatic heterocycles. The zero-order chi connectivity index (χ0) is 11.3. The molecule has 15 heavy (non-hydrogen) atoms. The summed E-state index contributed by atoms with van der Waals surface area (Å²) >= 11 is 0. The summed E-state index contributed by atoms with van der Waals surface area (Å²) in [6.07, 6.45) is 2.90. The Bertz CT molecular complexity index is 298. The molecule has 0 aliphatic rings. The van der Waals surface area contributed by atoms with Gasteiger partial charge in [0, 0.05) is 30.5 Å². The van der Waals surface area contributed by atoms with Crippen molar-refractivity contribution < 1.29 is 0 Å². The first-order chi connectivity index (χ1) is 7.19. The molecule has 0 saturated carbocycles. The number of nitrogens with one attached hydrogen (secondary N) is 1. The molecule has 0 saturated heterocycles. The SMILES string of the molecule is CCCN(c1ccnc(NN)c1)C(C)C. The number of rotatable bonds is 5. The van der Waals surface area contributed by atoms with Gasteiger partial charge in [0.05, 0.1) is 0 Å². The van der Waals surface area contributed by atoms with Gasteiger partial charge in [-0.3, -0.25) is 0 Å². The molecule has 4 heteroatoms. The van der Waals surface area contributed by atoms with Crippen molar-refractivity contribution in [3.05, 3.63) is 18.3 Å². The maximum Gasteiger partial charge on any atom is 0.141 e. The van der Waals surface area contributed by atoms with Gasteiger partial charge in [0.1, 0.15) is 5.82 Å². The van der Waals surface area contributed by atoms with Crippen molar-refractivity contribution in [1.29, 1.82) is 0 Å². The molecular weight excluding hydrogens is 188 g/mol. The first-order valence-corrected chi connectivity index (χ1v) is 5.38. The fourth-order valence-corrected chi connectivity index (χ4v) is 1.60. The number of hydrogen-bond donors (Lipinski definition) is 2. The normalized spacial score (nSPS) is 10.5. The van der Waals surface area contributed by atoms with Crippen LogP contribution in [-0.2, 0) is 0 Å². The number of anilines is 2. The van der Waals surface area contributed by atoms with Crippen LogP contribution in [0.15, 0.2) is 18.3 Å². The van der Waals surface area contributed by atoms with E-state index in [2.05, 4.69) is 36.1 Å². The van der Waals surface area contributed by atoms with Crippen LogP contribution in [0.5, 0.6) is 0 Å². The monoisotopic (exact) mass is 208 g/mol. The van der Waals surface area contributed by atoms with E-state index in [9.17, 15) is 0 Å². The predicted molar refractivity (Wildman–Crippen MR) is 64.8 cm³/mol. The second-order valence-corrected chi connectivity index (χ2v) is 3.83. The summed E-state index contributed by atoms with van der Waals surface area (Å²) in [5.41, 5.74) is 3.73. The summed E-state index contributed by atoms with van der Waals surface area (Å²) in [6.45, 7) is 7.60. The van der Waals surface area contributed by atoms with Crippen LogP contribution < -0.4 is 16.2 Å². The molecule has 1 rings (SSSR count). The van der Waals surface area contributed by atoms with Gasteiger partial charge in [0.25, 0.3) is 0 Å². The van der Waals surface area contributed by atoms with Gasteiger partial charge in [-0.15, -0.1) is 0 Å². The zero-order valence-electron chi connectivity index (χ0n) is 9.70. The van der Waals surface area contributed by atoms with Crippen molar-refractivity contribution in [2.45, 2.75) is 33.2 Å². The van der Waals surface area contributed by atoms with Crippen LogP contribution in [0.2, 0.25) is 0 Å². The highest BCUT2D eigenvalue weighted by Gasteiger charge is 2.09. The molecule has 0 bridgehead atoms.